The van der Waals surface area contributed by atoms with Crippen molar-refractivity contribution < 1.29 is 9.65 Å². The maximum Gasteiger partial charge on any atom is 0.190 e. The highest BCUT2D eigenvalue weighted by Gasteiger charge is 2.29. The van der Waals surface area contributed by atoms with Crippen LogP contribution in [0.1, 0.15) is 6.42 Å². The number of benzene rings is 1. The summed E-state index contributed by atoms with van der Waals surface area (Å²) in [7, 11) is 0. The van der Waals surface area contributed by atoms with Crippen LogP contribution < -0.4 is 4.84 Å². The van der Waals surface area contributed by atoms with Gasteiger partial charge >= 0.3 is 0 Å². The molecule has 1 aromatic rings. The summed E-state index contributed by atoms with van der Waals surface area (Å²) in [4.78, 5) is 4.71. The number of hydroxylamine groups is 4. The molecule has 3 nitrogen and oxygen atoms in total. The number of nitrogens with zero attached hydrogens (tertiary/aromatic N) is 1. The van der Waals surface area contributed by atoms with Crippen molar-refractivity contribution in [2.75, 3.05) is 13.1 Å². The summed E-state index contributed by atoms with van der Waals surface area (Å²) in [6.45, 7) is 1.16. The van der Waals surface area contributed by atoms with Gasteiger partial charge in [0.25, 0.3) is 0 Å². The molecule has 2 rings (SSSR count). The van der Waals surface area contributed by atoms with E-state index in [1.807, 2.05) is 18.2 Å². The van der Waals surface area contributed by atoms with Crippen LogP contribution in [-0.2, 0) is 0 Å². The first kappa shape index (κ1) is 7.58. The molecule has 1 saturated heterocycles. The zero-order chi connectivity index (χ0) is 8.44. The molecule has 12 heavy (non-hydrogen) atoms. The molecule has 0 saturated carbocycles. The SMILES string of the molecule is [O-][N+]1(Oc2ccccc2)CCC1. The molecule has 1 aliphatic rings. The average molecular weight is 165 g/mol. The number of quaternary nitrogens is 1. The molecule has 0 aromatic heterocycles. The molecular weight excluding hydrogens is 154 g/mol. The summed E-state index contributed by atoms with van der Waals surface area (Å²) in [6.07, 6.45) is 0.969. The summed E-state index contributed by atoms with van der Waals surface area (Å²) in [5, 5.41) is 11.4. The molecule has 0 unspecified atom stereocenters. The number of rotatable bonds is 2. The molecule has 0 bridgehead atoms. The van der Waals surface area contributed by atoms with Gasteiger partial charge < -0.3 is 10.0 Å². The molecule has 1 heterocycles. The van der Waals surface area contributed by atoms with E-state index in [-0.39, 0.29) is 0 Å². The Morgan fingerprint density at radius 1 is 1.17 bits per heavy atom. The minimum absolute atomic E-state index is 0.510. The molecule has 1 fully saturated rings. The van der Waals surface area contributed by atoms with E-state index in [1.54, 1.807) is 12.1 Å². The van der Waals surface area contributed by atoms with Crippen molar-refractivity contribution in [3.63, 3.8) is 0 Å². The van der Waals surface area contributed by atoms with Crippen LogP contribution in [0.2, 0.25) is 0 Å². The van der Waals surface area contributed by atoms with Gasteiger partial charge in [0.2, 0.25) is 0 Å². The fourth-order valence-electron chi connectivity index (χ4n) is 1.18. The lowest BCUT2D eigenvalue weighted by Crippen LogP contribution is -2.55. The molecule has 0 aliphatic carbocycles. The Bertz CT molecular complexity index is 256. The second-order valence-electron chi connectivity index (χ2n) is 3.02. The van der Waals surface area contributed by atoms with Crippen LogP contribution in [0, 0.1) is 5.21 Å². The lowest BCUT2D eigenvalue weighted by Gasteiger charge is -2.45. The fraction of sp³-hybridized carbons (Fsp3) is 0.333. The molecule has 64 valence electrons. The smallest absolute Gasteiger partial charge is 0.190 e. The first-order valence-corrected chi connectivity index (χ1v) is 4.11. The Morgan fingerprint density at radius 3 is 2.33 bits per heavy atom. The predicted molar refractivity (Wildman–Crippen MR) is 45.0 cm³/mol. The third-order valence-corrected chi connectivity index (χ3v) is 2.01. The molecule has 1 aliphatic heterocycles. The van der Waals surface area contributed by atoms with E-state index >= 15 is 0 Å². The molecule has 0 radical (unpaired) electrons. The minimum Gasteiger partial charge on any atom is -0.589 e. The van der Waals surface area contributed by atoms with E-state index in [0.717, 1.165) is 6.42 Å². The van der Waals surface area contributed by atoms with Crippen LogP contribution >= 0.6 is 0 Å². The monoisotopic (exact) mass is 165 g/mol. The van der Waals surface area contributed by atoms with Gasteiger partial charge in [0.1, 0.15) is 13.1 Å². The average Bonchev–Trinajstić information content (AvgIpc) is 2.04. The van der Waals surface area contributed by atoms with Crippen LogP contribution in [0.4, 0.5) is 0 Å². The predicted octanol–water partition coefficient (Wildman–Crippen LogP) is 1.70. The van der Waals surface area contributed by atoms with E-state index in [2.05, 4.69) is 0 Å². The number of para-hydroxylation sites is 1. The van der Waals surface area contributed by atoms with Crippen molar-refractivity contribution in [3.05, 3.63) is 35.5 Å². The lowest BCUT2D eigenvalue weighted by atomic mass is 10.3. The standard InChI is InChI=1S/C9H11NO2/c11-10(7-4-8-10)12-9-5-2-1-3-6-9/h1-3,5-6H,4,7-8H2. The summed E-state index contributed by atoms with van der Waals surface area (Å²) >= 11 is 0. The van der Waals surface area contributed by atoms with Crippen molar-refractivity contribution in [1.82, 2.24) is 0 Å². The first-order valence-electron chi connectivity index (χ1n) is 4.11. The van der Waals surface area contributed by atoms with E-state index in [1.165, 1.54) is 0 Å². The van der Waals surface area contributed by atoms with Gasteiger partial charge in [-0.1, -0.05) is 18.2 Å². The van der Waals surface area contributed by atoms with Crippen LogP contribution in [0.3, 0.4) is 0 Å². The van der Waals surface area contributed by atoms with Crippen molar-refractivity contribution in [2.45, 2.75) is 6.42 Å². The third-order valence-electron chi connectivity index (χ3n) is 2.01. The number of hydrogen-bond donors (Lipinski definition) is 0. The molecular formula is C9H11NO2. The Labute approximate surface area is 71.3 Å². The van der Waals surface area contributed by atoms with Crippen LogP contribution in [0.5, 0.6) is 5.75 Å². The van der Waals surface area contributed by atoms with Gasteiger partial charge in [0.05, 0.1) is 6.42 Å². The Kier molecular flexibility index (Phi) is 1.75. The van der Waals surface area contributed by atoms with Crippen molar-refractivity contribution in [1.29, 1.82) is 0 Å². The minimum atomic E-state index is -0.510. The second kappa shape index (κ2) is 2.77. The molecule has 0 spiro atoms. The van der Waals surface area contributed by atoms with Gasteiger partial charge in [-0.05, 0) is 12.1 Å². The summed E-state index contributed by atoms with van der Waals surface area (Å²) in [5.74, 6) is 0.659. The zero-order valence-corrected chi connectivity index (χ0v) is 6.77. The zero-order valence-electron chi connectivity index (χ0n) is 6.77. The van der Waals surface area contributed by atoms with E-state index in [0.29, 0.717) is 18.8 Å². The van der Waals surface area contributed by atoms with E-state index in [4.69, 9.17) is 4.84 Å². The third kappa shape index (κ3) is 1.42. The first-order chi connectivity index (χ1) is 5.79. The highest BCUT2D eigenvalue weighted by atomic mass is 16.9. The van der Waals surface area contributed by atoms with Gasteiger partial charge in [-0.3, -0.25) is 0 Å². The quantitative estimate of drug-likeness (QED) is 0.493. The fourth-order valence-corrected chi connectivity index (χ4v) is 1.18. The van der Waals surface area contributed by atoms with Gasteiger partial charge in [-0.25, -0.2) is 0 Å². The van der Waals surface area contributed by atoms with Gasteiger partial charge in [-0.15, -0.1) is 0 Å². The van der Waals surface area contributed by atoms with Crippen molar-refractivity contribution >= 4 is 0 Å². The summed E-state index contributed by atoms with van der Waals surface area (Å²) < 4.78 is 0. The molecule has 1 aromatic carbocycles. The molecule has 0 amide bonds. The maximum absolute atomic E-state index is 11.4. The van der Waals surface area contributed by atoms with Gasteiger partial charge in [0.15, 0.2) is 5.75 Å². The molecule has 3 heteroatoms. The highest BCUT2D eigenvalue weighted by Crippen LogP contribution is 2.22. The van der Waals surface area contributed by atoms with E-state index < -0.39 is 4.81 Å². The van der Waals surface area contributed by atoms with E-state index in [9.17, 15) is 5.21 Å². The van der Waals surface area contributed by atoms with Crippen molar-refractivity contribution in [2.24, 2.45) is 0 Å². The largest absolute Gasteiger partial charge is 0.589 e. The number of hydrogen-bond acceptors (Lipinski definition) is 2. The van der Waals surface area contributed by atoms with Gasteiger partial charge in [-0.2, -0.15) is 4.81 Å². The normalized spacial score (nSPS) is 19.8. The Balaban J connectivity index is 2.04. The molecule has 0 atom stereocenters. The van der Waals surface area contributed by atoms with Crippen LogP contribution in [0.15, 0.2) is 30.3 Å². The van der Waals surface area contributed by atoms with Crippen molar-refractivity contribution in [3.8, 4) is 5.75 Å². The molecule has 0 N–H and O–H groups in total. The van der Waals surface area contributed by atoms with Crippen LogP contribution in [-0.4, -0.2) is 17.9 Å². The highest BCUT2D eigenvalue weighted by molar-refractivity contribution is 5.20. The maximum atomic E-state index is 11.4. The Morgan fingerprint density at radius 2 is 1.83 bits per heavy atom. The van der Waals surface area contributed by atoms with Gasteiger partial charge in [0, 0.05) is 0 Å². The summed E-state index contributed by atoms with van der Waals surface area (Å²) in [5.41, 5.74) is 0. The lowest BCUT2D eigenvalue weighted by molar-refractivity contribution is -1.07. The topological polar surface area (TPSA) is 32.3 Å². The summed E-state index contributed by atoms with van der Waals surface area (Å²) in [6, 6.07) is 9.23. The Hall–Kier alpha value is -1.06. The van der Waals surface area contributed by atoms with Crippen LogP contribution in [0.25, 0.3) is 0 Å². The second-order valence-corrected chi connectivity index (χ2v) is 3.02.